The van der Waals surface area contributed by atoms with Crippen LogP contribution in [0.25, 0.3) is 31.6 Å². The molecule has 0 radical (unpaired) electrons. The molecule has 3 heterocycles. The molecule has 6 nitrogen and oxygen atoms in total. The standard InChI is InChI=1S/C22H15N3O3S/c1-25-10-9-23-20(25)18-12-14-7-8-24-21(19(14)29-18)28-15-5-6-16-13(11-15)3-2-4-17(16)22(26)27/h2-12H,1H3,(H,26,27). The monoisotopic (exact) mass is 401 g/mol. The van der Waals surface area contributed by atoms with Gasteiger partial charge in [0.2, 0.25) is 5.88 Å². The second kappa shape index (κ2) is 6.72. The number of imidazole rings is 1. The summed E-state index contributed by atoms with van der Waals surface area (Å²) in [6, 6.07) is 14.6. The van der Waals surface area contributed by atoms with Gasteiger partial charge in [-0.05, 0) is 47.2 Å². The fraction of sp³-hybridized carbons (Fsp3) is 0.0455. The average molecular weight is 401 g/mol. The number of hydrogen-bond donors (Lipinski definition) is 1. The molecule has 7 heteroatoms. The van der Waals surface area contributed by atoms with Crippen LogP contribution in [0.5, 0.6) is 11.6 Å². The summed E-state index contributed by atoms with van der Waals surface area (Å²) in [6.07, 6.45) is 5.40. The average Bonchev–Trinajstić information content (AvgIpc) is 3.33. The van der Waals surface area contributed by atoms with Gasteiger partial charge in [-0.3, -0.25) is 0 Å². The first-order valence-electron chi connectivity index (χ1n) is 8.90. The molecule has 0 spiro atoms. The minimum Gasteiger partial charge on any atom is -0.478 e. The number of pyridine rings is 1. The Balaban J connectivity index is 1.56. The maximum absolute atomic E-state index is 11.4. The number of aromatic nitrogens is 3. The van der Waals surface area contributed by atoms with Gasteiger partial charge < -0.3 is 14.4 Å². The van der Waals surface area contributed by atoms with Gasteiger partial charge in [0, 0.05) is 31.0 Å². The zero-order chi connectivity index (χ0) is 20.0. The van der Waals surface area contributed by atoms with Crippen molar-refractivity contribution >= 4 is 38.2 Å². The molecule has 2 aromatic carbocycles. The number of rotatable bonds is 4. The van der Waals surface area contributed by atoms with Crippen LogP contribution in [0.1, 0.15) is 10.4 Å². The molecule has 3 aromatic heterocycles. The Morgan fingerprint density at radius 1 is 1.07 bits per heavy atom. The Kier molecular flexibility index (Phi) is 4.03. The van der Waals surface area contributed by atoms with Crippen LogP contribution in [0.15, 0.2) is 67.1 Å². The Bertz CT molecular complexity index is 1390. The van der Waals surface area contributed by atoms with E-state index in [0.29, 0.717) is 17.0 Å². The molecule has 0 unspecified atom stereocenters. The van der Waals surface area contributed by atoms with Crippen molar-refractivity contribution in [3.63, 3.8) is 0 Å². The highest BCUT2D eigenvalue weighted by Crippen LogP contribution is 2.38. The van der Waals surface area contributed by atoms with Gasteiger partial charge >= 0.3 is 5.97 Å². The summed E-state index contributed by atoms with van der Waals surface area (Å²) in [5.41, 5.74) is 0.271. The maximum atomic E-state index is 11.4. The van der Waals surface area contributed by atoms with Gasteiger partial charge in [-0.15, -0.1) is 11.3 Å². The number of carboxylic acids is 1. The van der Waals surface area contributed by atoms with Gasteiger partial charge in [-0.25, -0.2) is 14.8 Å². The van der Waals surface area contributed by atoms with E-state index in [1.54, 1.807) is 48.0 Å². The van der Waals surface area contributed by atoms with Crippen molar-refractivity contribution in [3.8, 4) is 22.3 Å². The van der Waals surface area contributed by atoms with Crippen LogP contribution >= 0.6 is 11.3 Å². The van der Waals surface area contributed by atoms with Gasteiger partial charge in [0.05, 0.1) is 15.1 Å². The minimum atomic E-state index is -0.948. The molecule has 0 saturated carbocycles. The number of thiophene rings is 1. The number of hydrogen-bond acceptors (Lipinski definition) is 5. The number of benzene rings is 2. The second-order valence-electron chi connectivity index (χ2n) is 6.60. The van der Waals surface area contributed by atoms with Gasteiger partial charge in [-0.2, -0.15) is 0 Å². The lowest BCUT2D eigenvalue weighted by atomic mass is 10.0. The number of fused-ring (bicyclic) bond motifs is 2. The van der Waals surface area contributed by atoms with Crippen LogP contribution in [0.4, 0.5) is 0 Å². The highest BCUT2D eigenvalue weighted by atomic mass is 32.1. The summed E-state index contributed by atoms with van der Waals surface area (Å²) in [7, 11) is 1.96. The fourth-order valence-electron chi connectivity index (χ4n) is 3.35. The van der Waals surface area contributed by atoms with Crippen LogP contribution in [-0.4, -0.2) is 25.6 Å². The van der Waals surface area contributed by atoms with E-state index < -0.39 is 5.97 Å². The van der Waals surface area contributed by atoms with Crippen LogP contribution in [0, 0.1) is 0 Å². The molecule has 5 rings (SSSR count). The lowest BCUT2D eigenvalue weighted by molar-refractivity contribution is 0.0699. The van der Waals surface area contributed by atoms with E-state index in [1.165, 1.54) is 0 Å². The molecule has 142 valence electrons. The zero-order valence-electron chi connectivity index (χ0n) is 15.4. The molecule has 0 aliphatic carbocycles. The molecule has 29 heavy (non-hydrogen) atoms. The van der Waals surface area contributed by atoms with Crippen molar-refractivity contribution < 1.29 is 14.6 Å². The Morgan fingerprint density at radius 3 is 2.76 bits per heavy atom. The molecule has 0 saturated heterocycles. The number of ether oxygens (including phenoxy) is 1. The number of carboxylic acid groups (broad SMARTS) is 1. The summed E-state index contributed by atoms with van der Waals surface area (Å²) in [5.74, 6) is 1.06. The molecule has 0 atom stereocenters. The van der Waals surface area contributed by atoms with Crippen molar-refractivity contribution in [2.45, 2.75) is 0 Å². The topological polar surface area (TPSA) is 77.2 Å². The van der Waals surface area contributed by atoms with E-state index >= 15 is 0 Å². The molecule has 0 aliphatic heterocycles. The minimum absolute atomic E-state index is 0.271. The number of aryl methyl sites for hydroxylation is 1. The van der Waals surface area contributed by atoms with Gasteiger partial charge in [0.15, 0.2) is 0 Å². The first-order valence-corrected chi connectivity index (χ1v) is 9.72. The van der Waals surface area contributed by atoms with E-state index in [4.69, 9.17) is 4.74 Å². The van der Waals surface area contributed by atoms with Crippen LogP contribution in [0.3, 0.4) is 0 Å². The maximum Gasteiger partial charge on any atom is 0.336 e. The third-order valence-electron chi connectivity index (χ3n) is 4.74. The summed E-state index contributed by atoms with van der Waals surface area (Å²) in [6.45, 7) is 0. The normalized spacial score (nSPS) is 11.2. The third kappa shape index (κ3) is 3.01. The predicted molar refractivity (Wildman–Crippen MR) is 113 cm³/mol. The lowest BCUT2D eigenvalue weighted by Gasteiger charge is -2.08. The SMILES string of the molecule is Cn1ccnc1-c1cc2ccnc(Oc3ccc4c(C(=O)O)cccc4c3)c2s1. The third-order valence-corrected chi connectivity index (χ3v) is 5.87. The van der Waals surface area contributed by atoms with Crippen molar-refractivity contribution in [2.24, 2.45) is 7.05 Å². The van der Waals surface area contributed by atoms with E-state index in [1.807, 2.05) is 36.0 Å². The Morgan fingerprint density at radius 2 is 1.97 bits per heavy atom. The van der Waals surface area contributed by atoms with Gasteiger partial charge in [0.25, 0.3) is 0 Å². The number of carbonyl (C=O) groups is 1. The van der Waals surface area contributed by atoms with E-state index in [9.17, 15) is 9.90 Å². The molecule has 0 fully saturated rings. The van der Waals surface area contributed by atoms with Crippen LogP contribution < -0.4 is 4.74 Å². The van der Waals surface area contributed by atoms with E-state index in [2.05, 4.69) is 16.0 Å². The van der Waals surface area contributed by atoms with E-state index in [-0.39, 0.29) is 5.56 Å². The molecule has 5 aromatic rings. The molecule has 0 bridgehead atoms. The van der Waals surface area contributed by atoms with Gasteiger partial charge in [0.1, 0.15) is 11.6 Å². The summed E-state index contributed by atoms with van der Waals surface area (Å²) >= 11 is 1.58. The smallest absolute Gasteiger partial charge is 0.336 e. The van der Waals surface area contributed by atoms with Crippen molar-refractivity contribution in [2.75, 3.05) is 0 Å². The molecule has 0 amide bonds. The number of nitrogens with zero attached hydrogens (tertiary/aromatic N) is 3. The predicted octanol–water partition coefficient (Wildman–Crippen LogP) is 5.34. The van der Waals surface area contributed by atoms with Crippen LogP contribution in [0.2, 0.25) is 0 Å². The largest absolute Gasteiger partial charge is 0.478 e. The zero-order valence-corrected chi connectivity index (χ0v) is 16.2. The fourth-order valence-corrected chi connectivity index (χ4v) is 4.47. The Labute approximate surface area is 169 Å². The summed E-state index contributed by atoms with van der Waals surface area (Å²) < 4.78 is 9.00. The number of aromatic carboxylic acids is 1. The van der Waals surface area contributed by atoms with Crippen molar-refractivity contribution in [3.05, 3.63) is 72.7 Å². The first-order chi connectivity index (χ1) is 14.1. The van der Waals surface area contributed by atoms with Crippen molar-refractivity contribution in [1.82, 2.24) is 14.5 Å². The molecule has 1 N–H and O–H groups in total. The first kappa shape index (κ1) is 17.4. The quantitative estimate of drug-likeness (QED) is 0.440. The molecular weight excluding hydrogens is 386 g/mol. The summed E-state index contributed by atoms with van der Waals surface area (Å²) in [5, 5.41) is 11.9. The van der Waals surface area contributed by atoms with Crippen molar-refractivity contribution in [1.29, 1.82) is 0 Å². The highest BCUT2D eigenvalue weighted by Gasteiger charge is 2.14. The summed E-state index contributed by atoms with van der Waals surface area (Å²) in [4.78, 5) is 21.3. The highest BCUT2D eigenvalue weighted by molar-refractivity contribution is 7.22. The van der Waals surface area contributed by atoms with Gasteiger partial charge in [-0.1, -0.05) is 12.1 Å². The Hall–Kier alpha value is -3.71. The van der Waals surface area contributed by atoms with Crippen LogP contribution in [-0.2, 0) is 7.05 Å². The lowest BCUT2D eigenvalue weighted by Crippen LogP contribution is -1.97. The van der Waals surface area contributed by atoms with E-state index in [0.717, 1.165) is 26.2 Å². The second-order valence-corrected chi connectivity index (χ2v) is 7.65. The molecule has 0 aliphatic rings. The molecular formula is C22H15N3O3S.